The van der Waals surface area contributed by atoms with Crippen LogP contribution in [0, 0.1) is 11.8 Å². The van der Waals surface area contributed by atoms with Crippen molar-refractivity contribution >= 4 is 5.97 Å². The fourth-order valence-corrected chi connectivity index (χ4v) is 2.14. The SMILES string of the molecule is CCCCCCCC(C)C(=O)OCCCCC(C)C. The van der Waals surface area contributed by atoms with Gasteiger partial charge in [-0.05, 0) is 25.2 Å². The molecule has 0 aromatic heterocycles. The maximum absolute atomic E-state index is 11.7. The number of unbranched alkanes of at least 4 members (excludes halogenated alkanes) is 5. The number of carbonyl (C=O) groups is 1. The predicted molar refractivity (Wildman–Crippen MR) is 82.2 cm³/mol. The van der Waals surface area contributed by atoms with Crippen LogP contribution < -0.4 is 0 Å². The van der Waals surface area contributed by atoms with Crippen molar-refractivity contribution in [3.05, 3.63) is 0 Å². The van der Waals surface area contributed by atoms with Gasteiger partial charge in [0, 0.05) is 0 Å². The minimum Gasteiger partial charge on any atom is -0.465 e. The summed E-state index contributed by atoms with van der Waals surface area (Å²) in [5.41, 5.74) is 0. The lowest BCUT2D eigenvalue weighted by molar-refractivity contribution is -0.148. The highest BCUT2D eigenvalue weighted by molar-refractivity contribution is 5.71. The van der Waals surface area contributed by atoms with Crippen molar-refractivity contribution < 1.29 is 9.53 Å². The highest BCUT2D eigenvalue weighted by atomic mass is 16.5. The molecule has 0 amide bonds. The number of carbonyl (C=O) groups excluding carboxylic acids is 1. The molecule has 0 N–H and O–H groups in total. The summed E-state index contributed by atoms with van der Waals surface area (Å²) in [6.45, 7) is 9.28. The minimum atomic E-state index is 0.0000356. The normalized spacial score (nSPS) is 12.7. The molecule has 0 radical (unpaired) electrons. The Hall–Kier alpha value is -0.530. The monoisotopic (exact) mass is 270 g/mol. The van der Waals surface area contributed by atoms with Gasteiger partial charge in [-0.15, -0.1) is 0 Å². The molecule has 0 aromatic rings. The van der Waals surface area contributed by atoms with Gasteiger partial charge in [-0.1, -0.05) is 66.2 Å². The second kappa shape index (κ2) is 12.5. The third-order valence-electron chi connectivity index (χ3n) is 3.56. The summed E-state index contributed by atoms with van der Waals surface area (Å²) in [4.78, 5) is 11.7. The van der Waals surface area contributed by atoms with Gasteiger partial charge in [0.25, 0.3) is 0 Å². The number of esters is 1. The van der Waals surface area contributed by atoms with Crippen LogP contribution in [0.1, 0.15) is 85.5 Å². The Morgan fingerprint density at radius 3 is 2.16 bits per heavy atom. The fraction of sp³-hybridized carbons (Fsp3) is 0.941. The first-order chi connectivity index (χ1) is 9.07. The summed E-state index contributed by atoms with van der Waals surface area (Å²) < 4.78 is 5.32. The molecule has 0 bridgehead atoms. The van der Waals surface area contributed by atoms with E-state index >= 15 is 0 Å². The summed E-state index contributed by atoms with van der Waals surface area (Å²) in [5, 5.41) is 0. The molecule has 0 aliphatic carbocycles. The molecule has 0 aliphatic heterocycles. The van der Waals surface area contributed by atoms with Crippen molar-refractivity contribution in [2.75, 3.05) is 6.61 Å². The average Bonchev–Trinajstić information content (AvgIpc) is 2.37. The lowest BCUT2D eigenvalue weighted by Crippen LogP contribution is -2.15. The summed E-state index contributed by atoms with van der Waals surface area (Å²) in [6, 6.07) is 0. The van der Waals surface area contributed by atoms with Crippen molar-refractivity contribution in [2.45, 2.75) is 85.5 Å². The van der Waals surface area contributed by atoms with E-state index in [2.05, 4.69) is 20.8 Å². The maximum Gasteiger partial charge on any atom is 0.308 e. The molecule has 0 aromatic carbocycles. The molecule has 2 heteroatoms. The van der Waals surface area contributed by atoms with Gasteiger partial charge in [-0.2, -0.15) is 0 Å². The van der Waals surface area contributed by atoms with E-state index in [1.165, 1.54) is 32.1 Å². The van der Waals surface area contributed by atoms with Gasteiger partial charge in [0.15, 0.2) is 0 Å². The van der Waals surface area contributed by atoms with Crippen LogP contribution in [0.2, 0.25) is 0 Å². The first kappa shape index (κ1) is 18.5. The molecule has 0 saturated carbocycles. The Morgan fingerprint density at radius 2 is 1.53 bits per heavy atom. The average molecular weight is 270 g/mol. The molecular formula is C17H34O2. The molecule has 0 aliphatic rings. The number of hydrogen-bond donors (Lipinski definition) is 0. The predicted octanol–water partition coefficient (Wildman–Crippen LogP) is 5.35. The summed E-state index contributed by atoms with van der Waals surface area (Å²) in [6.07, 6.45) is 10.7. The molecule has 1 unspecified atom stereocenters. The highest BCUT2D eigenvalue weighted by Crippen LogP contribution is 2.13. The lowest BCUT2D eigenvalue weighted by Gasteiger charge is -2.11. The molecular weight excluding hydrogens is 236 g/mol. The lowest BCUT2D eigenvalue weighted by atomic mass is 10.0. The van der Waals surface area contributed by atoms with Crippen molar-refractivity contribution in [3.8, 4) is 0 Å². The molecule has 0 fully saturated rings. The van der Waals surface area contributed by atoms with Crippen LogP contribution in [-0.2, 0) is 9.53 Å². The first-order valence-corrected chi connectivity index (χ1v) is 8.24. The minimum absolute atomic E-state index is 0.0000356. The zero-order chi connectivity index (χ0) is 14.5. The number of ether oxygens (including phenoxy) is 1. The zero-order valence-electron chi connectivity index (χ0n) is 13.5. The zero-order valence-corrected chi connectivity index (χ0v) is 13.5. The van der Waals surface area contributed by atoms with Crippen molar-refractivity contribution in [1.29, 1.82) is 0 Å². The van der Waals surface area contributed by atoms with E-state index in [4.69, 9.17) is 4.74 Å². The molecule has 0 spiro atoms. The molecule has 0 heterocycles. The smallest absolute Gasteiger partial charge is 0.308 e. The van der Waals surface area contributed by atoms with Crippen LogP contribution in [0.4, 0.5) is 0 Å². The van der Waals surface area contributed by atoms with E-state index in [1.54, 1.807) is 0 Å². The molecule has 114 valence electrons. The van der Waals surface area contributed by atoms with Gasteiger partial charge in [0.1, 0.15) is 0 Å². The molecule has 2 nitrogen and oxygen atoms in total. The Kier molecular flexibility index (Phi) is 12.2. The van der Waals surface area contributed by atoms with Crippen LogP contribution in [-0.4, -0.2) is 12.6 Å². The van der Waals surface area contributed by atoms with Gasteiger partial charge in [0.05, 0.1) is 12.5 Å². The van der Waals surface area contributed by atoms with Crippen LogP contribution in [0.25, 0.3) is 0 Å². The largest absolute Gasteiger partial charge is 0.465 e. The van der Waals surface area contributed by atoms with E-state index in [1.807, 2.05) is 6.92 Å². The Balaban J connectivity index is 3.43. The topological polar surface area (TPSA) is 26.3 Å². The van der Waals surface area contributed by atoms with E-state index in [9.17, 15) is 4.79 Å². The van der Waals surface area contributed by atoms with Crippen molar-refractivity contribution in [1.82, 2.24) is 0 Å². The molecule has 0 saturated heterocycles. The first-order valence-electron chi connectivity index (χ1n) is 8.24. The van der Waals surface area contributed by atoms with Crippen molar-refractivity contribution in [3.63, 3.8) is 0 Å². The van der Waals surface area contributed by atoms with Gasteiger partial charge in [0.2, 0.25) is 0 Å². The summed E-state index contributed by atoms with van der Waals surface area (Å²) >= 11 is 0. The highest BCUT2D eigenvalue weighted by Gasteiger charge is 2.13. The van der Waals surface area contributed by atoms with E-state index in [-0.39, 0.29) is 11.9 Å². The van der Waals surface area contributed by atoms with Crippen LogP contribution >= 0.6 is 0 Å². The quantitative estimate of drug-likeness (QED) is 0.353. The Labute approximate surface area is 120 Å². The van der Waals surface area contributed by atoms with E-state index in [0.29, 0.717) is 6.61 Å². The summed E-state index contributed by atoms with van der Waals surface area (Å²) in [5.74, 6) is 0.824. The third-order valence-corrected chi connectivity index (χ3v) is 3.56. The third kappa shape index (κ3) is 12.3. The number of rotatable bonds is 12. The van der Waals surface area contributed by atoms with Crippen LogP contribution in [0.3, 0.4) is 0 Å². The second-order valence-corrected chi connectivity index (χ2v) is 6.16. The second-order valence-electron chi connectivity index (χ2n) is 6.16. The van der Waals surface area contributed by atoms with Crippen LogP contribution in [0.15, 0.2) is 0 Å². The van der Waals surface area contributed by atoms with E-state index in [0.717, 1.165) is 31.6 Å². The van der Waals surface area contributed by atoms with Crippen molar-refractivity contribution in [2.24, 2.45) is 11.8 Å². The van der Waals surface area contributed by atoms with Gasteiger partial charge in [-0.3, -0.25) is 4.79 Å². The fourth-order valence-electron chi connectivity index (χ4n) is 2.14. The summed E-state index contributed by atoms with van der Waals surface area (Å²) in [7, 11) is 0. The molecule has 0 rings (SSSR count). The van der Waals surface area contributed by atoms with Crippen LogP contribution in [0.5, 0.6) is 0 Å². The van der Waals surface area contributed by atoms with Gasteiger partial charge < -0.3 is 4.74 Å². The van der Waals surface area contributed by atoms with E-state index < -0.39 is 0 Å². The van der Waals surface area contributed by atoms with Gasteiger partial charge in [-0.25, -0.2) is 0 Å². The standard InChI is InChI=1S/C17H34O2/c1-5-6-7-8-9-13-16(4)17(18)19-14-11-10-12-15(2)3/h15-16H,5-14H2,1-4H3. The Morgan fingerprint density at radius 1 is 0.895 bits per heavy atom. The molecule has 19 heavy (non-hydrogen) atoms. The van der Waals surface area contributed by atoms with Gasteiger partial charge >= 0.3 is 5.97 Å². The number of hydrogen-bond acceptors (Lipinski definition) is 2. The maximum atomic E-state index is 11.7. The molecule has 1 atom stereocenters. The Bertz CT molecular complexity index is 211.